The predicted octanol–water partition coefficient (Wildman–Crippen LogP) is 4.43. The number of imidazole rings is 1. The van der Waals surface area contributed by atoms with E-state index in [2.05, 4.69) is 20.9 Å². The zero-order chi connectivity index (χ0) is 13.1. The molecule has 1 heterocycles. The zero-order valence-corrected chi connectivity index (χ0v) is 11.6. The van der Waals surface area contributed by atoms with Crippen molar-refractivity contribution in [1.82, 2.24) is 9.55 Å². The van der Waals surface area contributed by atoms with E-state index in [9.17, 15) is 0 Å². The third-order valence-corrected chi connectivity index (χ3v) is 3.15. The first-order valence-electron chi connectivity index (χ1n) is 5.83. The molecule has 0 aliphatic carbocycles. The van der Waals surface area contributed by atoms with Gasteiger partial charge in [-0.15, -0.1) is 0 Å². The standard InChI is InChI=1S/C15H11BrN2O/c16-12-3-1-5-14(9-12)19-15-6-2-4-13(10-15)18-8-7-17-11-18/h1-11H. The molecule has 0 unspecified atom stereocenters. The summed E-state index contributed by atoms with van der Waals surface area (Å²) in [7, 11) is 0. The molecule has 0 N–H and O–H groups in total. The van der Waals surface area contributed by atoms with Crippen LogP contribution < -0.4 is 4.74 Å². The van der Waals surface area contributed by atoms with Crippen LogP contribution in [0.1, 0.15) is 0 Å². The molecule has 0 fully saturated rings. The van der Waals surface area contributed by atoms with E-state index < -0.39 is 0 Å². The molecule has 3 rings (SSSR count). The monoisotopic (exact) mass is 314 g/mol. The molecule has 19 heavy (non-hydrogen) atoms. The molecule has 2 aromatic carbocycles. The fourth-order valence-corrected chi connectivity index (χ4v) is 2.16. The van der Waals surface area contributed by atoms with Gasteiger partial charge in [-0.3, -0.25) is 0 Å². The zero-order valence-electron chi connectivity index (χ0n) is 10.0. The lowest BCUT2D eigenvalue weighted by Gasteiger charge is -2.08. The van der Waals surface area contributed by atoms with Crippen LogP contribution in [0.5, 0.6) is 11.5 Å². The van der Waals surface area contributed by atoms with Crippen LogP contribution >= 0.6 is 15.9 Å². The molecule has 0 aliphatic heterocycles. The van der Waals surface area contributed by atoms with Crippen molar-refractivity contribution >= 4 is 15.9 Å². The molecule has 3 nitrogen and oxygen atoms in total. The van der Waals surface area contributed by atoms with E-state index >= 15 is 0 Å². The molecule has 0 bridgehead atoms. The van der Waals surface area contributed by atoms with Gasteiger partial charge in [0, 0.05) is 22.9 Å². The Balaban J connectivity index is 1.88. The van der Waals surface area contributed by atoms with Gasteiger partial charge < -0.3 is 9.30 Å². The topological polar surface area (TPSA) is 27.1 Å². The van der Waals surface area contributed by atoms with Crippen molar-refractivity contribution in [2.45, 2.75) is 0 Å². The maximum atomic E-state index is 5.83. The minimum atomic E-state index is 0.796. The van der Waals surface area contributed by atoms with Gasteiger partial charge in [0.1, 0.15) is 11.5 Å². The molecule has 0 atom stereocenters. The first-order chi connectivity index (χ1) is 9.31. The Hall–Kier alpha value is -2.07. The number of benzene rings is 2. The Labute approximate surface area is 119 Å². The molecule has 4 heteroatoms. The third kappa shape index (κ3) is 2.85. The highest BCUT2D eigenvalue weighted by Gasteiger charge is 2.01. The van der Waals surface area contributed by atoms with Gasteiger partial charge in [-0.1, -0.05) is 28.1 Å². The quantitative estimate of drug-likeness (QED) is 0.715. The number of aromatic nitrogens is 2. The molecule has 94 valence electrons. The van der Waals surface area contributed by atoms with E-state index in [4.69, 9.17) is 4.74 Å². The second kappa shape index (κ2) is 5.28. The Kier molecular flexibility index (Phi) is 3.33. The van der Waals surface area contributed by atoms with E-state index in [1.165, 1.54) is 0 Å². The summed E-state index contributed by atoms with van der Waals surface area (Å²) in [6, 6.07) is 15.6. The van der Waals surface area contributed by atoms with Gasteiger partial charge in [-0.2, -0.15) is 0 Å². The van der Waals surface area contributed by atoms with Crippen molar-refractivity contribution in [3.05, 3.63) is 71.7 Å². The van der Waals surface area contributed by atoms with E-state index in [1.54, 1.807) is 12.5 Å². The van der Waals surface area contributed by atoms with Crippen LogP contribution in [0.2, 0.25) is 0 Å². The average molecular weight is 315 g/mol. The summed E-state index contributed by atoms with van der Waals surface area (Å²) in [5.74, 6) is 1.60. The molecule has 0 aliphatic rings. The Morgan fingerprint density at radius 1 is 1.00 bits per heavy atom. The number of hydrogen-bond acceptors (Lipinski definition) is 2. The van der Waals surface area contributed by atoms with Gasteiger partial charge in [-0.25, -0.2) is 4.98 Å². The number of rotatable bonds is 3. The highest BCUT2D eigenvalue weighted by Crippen LogP contribution is 2.25. The van der Waals surface area contributed by atoms with Crippen LogP contribution in [0.3, 0.4) is 0 Å². The number of ether oxygens (including phenoxy) is 1. The number of nitrogens with zero attached hydrogens (tertiary/aromatic N) is 2. The van der Waals surface area contributed by atoms with Gasteiger partial charge in [0.15, 0.2) is 0 Å². The summed E-state index contributed by atoms with van der Waals surface area (Å²) in [6.45, 7) is 0. The molecule has 0 amide bonds. The molecule has 0 radical (unpaired) electrons. The molecule has 3 aromatic rings. The van der Waals surface area contributed by atoms with Crippen molar-refractivity contribution in [2.24, 2.45) is 0 Å². The lowest BCUT2D eigenvalue weighted by molar-refractivity contribution is 0.482. The fourth-order valence-electron chi connectivity index (χ4n) is 1.79. The summed E-state index contributed by atoms with van der Waals surface area (Å²) in [5, 5.41) is 0. The highest BCUT2D eigenvalue weighted by molar-refractivity contribution is 9.10. The Morgan fingerprint density at radius 2 is 1.79 bits per heavy atom. The molecule has 0 saturated carbocycles. The van der Waals surface area contributed by atoms with Crippen LogP contribution in [0.4, 0.5) is 0 Å². The van der Waals surface area contributed by atoms with E-state index in [0.29, 0.717) is 0 Å². The number of halogens is 1. The summed E-state index contributed by atoms with van der Waals surface area (Å²) < 4.78 is 8.77. The average Bonchev–Trinajstić information content (AvgIpc) is 2.93. The van der Waals surface area contributed by atoms with Gasteiger partial charge in [0.25, 0.3) is 0 Å². The summed E-state index contributed by atoms with van der Waals surface area (Å²) >= 11 is 3.43. The minimum absolute atomic E-state index is 0.796. The van der Waals surface area contributed by atoms with Crippen LogP contribution in [0.15, 0.2) is 71.7 Å². The Bertz CT molecular complexity index is 680. The van der Waals surface area contributed by atoms with Gasteiger partial charge in [-0.05, 0) is 30.3 Å². The highest BCUT2D eigenvalue weighted by atomic mass is 79.9. The van der Waals surface area contributed by atoms with Gasteiger partial charge in [0.05, 0.1) is 12.0 Å². The molecule has 1 aromatic heterocycles. The van der Waals surface area contributed by atoms with E-state index in [0.717, 1.165) is 21.7 Å². The van der Waals surface area contributed by atoms with E-state index in [1.807, 2.05) is 59.3 Å². The first-order valence-corrected chi connectivity index (χ1v) is 6.62. The third-order valence-electron chi connectivity index (χ3n) is 2.65. The van der Waals surface area contributed by atoms with Crippen LogP contribution in [-0.4, -0.2) is 9.55 Å². The van der Waals surface area contributed by atoms with Crippen molar-refractivity contribution in [3.8, 4) is 17.2 Å². The minimum Gasteiger partial charge on any atom is -0.457 e. The smallest absolute Gasteiger partial charge is 0.129 e. The van der Waals surface area contributed by atoms with Crippen molar-refractivity contribution < 1.29 is 4.74 Å². The van der Waals surface area contributed by atoms with Crippen molar-refractivity contribution in [3.63, 3.8) is 0 Å². The summed E-state index contributed by atoms with van der Waals surface area (Å²) in [6.07, 6.45) is 5.41. The molecule has 0 spiro atoms. The maximum absolute atomic E-state index is 5.83. The van der Waals surface area contributed by atoms with Crippen LogP contribution in [0.25, 0.3) is 5.69 Å². The van der Waals surface area contributed by atoms with Gasteiger partial charge in [0.2, 0.25) is 0 Å². The molecular formula is C15H11BrN2O. The van der Waals surface area contributed by atoms with Gasteiger partial charge >= 0.3 is 0 Å². The largest absolute Gasteiger partial charge is 0.457 e. The second-order valence-corrected chi connectivity index (χ2v) is 4.94. The van der Waals surface area contributed by atoms with Crippen LogP contribution in [-0.2, 0) is 0 Å². The number of hydrogen-bond donors (Lipinski definition) is 0. The molecular weight excluding hydrogens is 304 g/mol. The Morgan fingerprint density at radius 3 is 2.53 bits per heavy atom. The van der Waals surface area contributed by atoms with Crippen molar-refractivity contribution in [2.75, 3.05) is 0 Å². The fraction of sp³-hybridized carbons (Fsp3) is 0. The lowest BCUT2D eigenvalue weighted by Crippen LogP contribution is -1.91. The van der Waals surface area contributed by atoms with E-state index in [-0.39, 0.29) is 0 Å². The SMILES string of the molecule is Brc1cccc(Oc2cccc(-n3ccnc3)c2)c1. The normalized spacial score (nSPS) is 10.4. The summed E-state index contributed by atoms with van der Waals surface area (Å²) in [5.41, 5.74) is 1.02. The predicted molar refractivity (Wildman–Crippen MR) is 77.8 cm³/mol. The molecule has 0 saturated heterocycles. The maximum Gasteiger partial charge on any atom is 0.129 e. The lowest BCUT2D eigenvalue weighted by atomic mass is 10.3. The van der Waals surface area contributed by atoms with Crippen LogP contribution in [0, 0.1) is 0 Å². The summed E-state index contributed by atoms with van der Waals surface area (Å²) in [4.78, 5) is 4.04. The first kappa shape index (κ1) is 12.0. The second-order valence-electron chi connectivity index (χ2n) is 4.03. The van der Waals surface area contributed by atoms with Crippen molar-refractivity contribution in [1.29, 1.82) is 0 Å².